The molecule has 2 heteroatoms. The van der Waals surface area contributed by atoms with Crippen LogP contribution in [-0.4, -0.2) is 10.2 Å². The van der Waals surface area contributed by atoms with Crippen molar-refractivity contribution in [1.82, 2.24) is 0 Å². The van der Waals surface area contributed by atoms with E-state index >= 15 is 0 Å². The Kier molecular flexibility index (Phi) is 2.25. The van der Waals surface area contributed by atoms with Gasteiger partial charge in [-0.2, -0.15) is 0 Å². The lowest BCUT2D eigenvalue weighted by molar-refractivity contribution is 1.28. The van der Waals surface area contributed by atoms with E-state index in [1.807, 2.05) is 17.4 Å². The summed E-state index contributed by atoms with van der Waals surface area (Å²) < 4.78 is 0. The van der Waals surface area contributed by atoms with Crippen molar-refractivity contribution in [2.45, 2.75) is 5.54 Å². The van der Waals surface area contributed by atoms with Gasteiger partial charge in [-0.05, 0) is 17.0 Å². The second kappa shape index (κ2) is 2.99. The number of rotatable bonds is 2. The highest BCUT2D eigenvalue weighted by Crippen LogP contribution is 2.18. The van der Waals surface area contributed by atoms with Crippen molar-refractivity contribution in [3.63, 3.8) is 0 Å². The van der Waals surface area contributed by atoms with Gasteiger partial charge in [-0.1, -0.05) is 12.1 Å². The zero-order valence-electron chi connectivity index (χ0n) is 5.50. The quantitative estimate of drug-likeness (QED) is 0.445. The average molecular weight is 154 g/mol. The van der Waals surface area contributed by atoms with Crippen molar-refractivity contribution >= 4 is 21.6 Å². The topological polar surface area (TPSA) is 0 Å². The van der Waals surface area contributed by atoms with Gasteiger partial charge in [0.2, 0.25) is 0 Å². The molecule has 0 fully saturated rings. The van der Waals surface area contributed by atoms with E-state index < -0.39 is 0 Å². The molecule has 48 valence electrons. The summed E-state index contributed by atoms with van der Waals surface area (Å²) in [7, 11) is 1.19. The van der Waals surface area contributed by atoms with E-state index in [-0.39, 0.29) is 0 Å². The van der Waals surface area contributed by atoms with Gasteiger partial charge in [0.25, 0.3) is 0 Å². The summed E-state index contributed by atoms with van der Waals surface area (Å²) in [5, 5.41) is 2.11. The van der Waals surface area contributed by atoms with Crippen LogP contribution in [0.25, 0.3) is 0 Å². The monoisotopic (exact) mass is 154 g/mol. The normalized spacial score (nSPS) is 13.3. The first-order valence-corrected chi connectivity index (χ1v) is 5.04. The van der Waals surface area contributed by atoms with Gasteiger partial charge in [-0.3, -0.25) is 0 Å². The summed E-state index contributed by atoms with van der Waals surface area (Å²) in [5.41, 5.74) is 0.657. The molecule has 1 heterocycles. The lowest BCUT2D eigenvalue weighted by Crippen LogP contribution is -1.87. The SMILES string of the molecule is C=CC([SiH3])c1cccs1. The second-order valence-electron chi connectivity index (χ2n) is 2.04. The minimum Gasteiger partial charge on any atom is -0.149 e. The molecule has 0 amide bonds. The molecule has 0 spiro atoms. The third-order valence-electron chi connectivity index (χ3n) is 1.35. The molecule has 0 radical (unpaired) electrons. The summed E-state index contributed by atoms with van der Waals surface area (Å²) >= 11 is 1.82. The maximum atomic E-state index is 3.76. The Morgan fingerprint density at radius 3 is 3.00 bits per heavy atom. The highest BCUT2D eigenvalue weighted by atomic mass is 32.1. The van der Waals surface area contributed by atoms with Gasteiger partial charge in [-0.25, -0.2) is 0 Å². The highest BCUT2D eigenvalue weighted by Gasteiger charge is 1.98. The predicted molar refractivity (Wildman–Crippen MR) is 47.2 cm³/mol. The van der Waals surface area contributed by atoms with Gasteiger partial charge >= 0.3 is 0 Å². The van der Waals surface area contributed by atoms with Crippen molar-refractivity contribution in [2.75, 3.05) is 0 Å². The van der Waals surface area contributed by atoms with Gasteiger partial charge in [0.1, 0.15) is 0 Å². The Hall–Kier alpha value is -0.343. The molecule has 1 atom stereocenters. The number of thiophene rings is 1. The lowest BCUT2D eigenvalue weighted by atomic mass is 10.3. The number of allylic oxidation sites excluding steroid dienone is 1. The molecular weight excluding hydrogens is 144 g/mol. The van der Waals surface area contributed by atoms with E-state index in [0.29, 0.717) is 5.54 Å². The molecular formula is C7H10SSi. The minimum atomic E-state index is 0.657. The molecule has 1 unspecified atom stereocenters. The molecule has 0 saturated carbocycles. The van der Waals surface area contributed by atoms with Crippen LogP contribution < -0.4 is 0 Å². The smallest absolute Gasteiger partial charge is 0.0181 e. The number of hydrogen-bond acceptors (Lipinski definition) is 1. The van der Waals surface area contributed by atoms with E-state index in [9.17, 15) is 0 Å². The van der Waals surface area contributed by atoms with Crippen LogP contribution in [0.5, 0.6) is 0 Å². The maximum Gasteiger partial charge on any atom is 0.0181 e. The molecule has 1 rings (SSSR count). The zero-order valence-corrected chi connectivity index (χ0v) is 8.32. The Balaban J connectivity index is 2.76. The first-order chi connectivity index (χ1) is 4.34. The largest absolute Gasteiger partial charge is 0.149 e. The standard InChI is InChI=1S/C7H10SSi/c1-2-7(9)6-4-3-5-8-6/h2-5,7H,1H2,9H3. The van der Waals surface area contributed by atoms with Crippen molar-refractivity contribution < 1.29 is 0 Å². The Morgan fingerprint density at radius 1 is 1.78 bits per heavy atom. The van der Waals surface area contributed by atoms with Crippen LogP contribution in [0.3, 0.4) is 0 Å². The van der Waals surface area contributed by atoms with Crippen molar-refractivity contribution in [2.24, 2.45) is 0 Å². The summed E-state index contributed by atoms with van der Waals surface area (Å²) in [6, 6.07) is 4.26. The van der Waals surface area contributed by atoms with Crippen molar-refractivity contribution in [3.8, 4) is 0 Å². The Morgan fingerprint density at radius 2 is 2.56 bits per heavy atom. The summed E-state index contributed by atoms with van der Waals surface area (Å²) in [6.07, 6.45) is 2.03. The highest BCUT2D eigenvalue weighted by molar-refractivity contribution is 7.10. The van der Waals surface area contributed by atoms with Crippen LogP contribution in [0.4, 0.5) is 0 Å². The molecule has 1 aromatic heterocycles. The summed E-state index contributed by atoms with van der Waals surface area (Å²) in [6.45, 7) is 3.76. The predicted octanol–water partition coefficient (Wildman–Crippen LogP) is 1.34. The third-order valence-corrected chi connectivity index (χ3v) is 3.93. The lowest BCUT2D eigenvalue weighted by Gasteiger charge is -1.98. The Bertz CT molecular complexity index is 179. The fourth-order valence-electron chi connectivity index (χ4n) is 0.667. The van der Waals surface area contributed by atoms with E-state index in [4.69, 9.17) is 0 Å². The van der Waals surface area contributed by atoms with E-state index in [1.54, 1.807) is 0 Å². The fraction of sp³-hybridized carbons (Fsp3) is 0.143. The molecule has 1 aromatic rings. The van der Waals surface area contributed by atoms with Crippen LogP contribution in [-0.2, 0) is 0 Å². The van der Waals surface area contributed by atoms with Crippen LogP contribution in [0.15, 0.2) is 30.2 Å². The average Bonchev–Trinajstić information content (AvgIpc) is 2.37. The van der Waals surface area contributed by atoms with E-state index in [2.05, 4.69) is 24.1 Å². The van der Waals surface area contributed by atoms with Crippen LogP contribution in [0.2, 0.25) is 0 Å². The van der Waals surface area contributed by atoms with Crippen LogP contribution in [0.1, 0.15) is 10.4 Å². The van der Waals surface area contributed by atoms with Crippen LogP contribution in [0, 0.1) is 0 Å². The summed E-state index contributed by atoms with van der Waals surface area (Å²) in [4.78, 5) is 1.46. The summed E-state index contributed by atoms with van der Waals surface area (Å²) in [5.74, 6) is 0. The molecule has 0 bridgehead atoms. The van der Waals surface area contributed by atoms with E-state index in [1.165, 1.54) is 15.1 Å². The molecule has 0 aliphatic rings. The van der Waals surface area contributed by atoms with Crippen molar-refractivity contribution in [3.05, 3.63) is 35.0 Å². The zero-order chi connectivity index (χ0) is 6.69. The van der Waals surface area contributed by atoms with Gasteiger partial charge in [0, 0.05) is 15.1 Å². The molecule has 9 heavy (non-hydrogen) atoms. The molecule has 0 aromatic carbocycles. The molecule has 0 saturated heterocycles. The molecule has 0 aliphatic heterocycles. The number of hydrogen-bond donors (Lipinski definition) is 0. The fourth-order valence-corrected chi connectivity index (χ4v) is 2.05. The van der Waals surface area contributed by atoms with Gasteiger partial charge < -0.3 is 0 Å². The van der Waals surface area contributed by atoms with Gasteiger partial charge in [0.15, 0.2) is 0 Å². The van der Waals surface area contributed by atoms with E-state index in [0.717, 1.165) is 0 Å². The molecule has 0 aliphatic carbocycles. The molecule has 0 nitrogen and oxygen atoms in total. The third kappa shape index (κ3) is 1.53. The minimum absolute atomic E-state index is 0.657. The molecule has 0 N–H and O–H groups in total. The first-order valence-electron chi connectivity index (χ1n) is 3.00. The van der Waals surface area contributed by atoms with Gasteiger partial charge in [0.05, 0.1) is 0 Å². The van der Waals surface area contributed by atoms with Crippen molar-refractivity contribution in [1.29, 1.82) is 0 Å². The Labute approximate surface area is 62.6 Å². The first kappa shape index (κ1) is 6.77. The van der Waals surface area contributed by atoms with Gasteiger partial charge in [-0.15, -0.1) is 17.9 Å². The van der Waals surface area contributed by atoms with Crippen LogP contribution >= 0.6 is 11.3 Å². The second-order valence-corrected chi connectivity index (χ2v) is 4.26. The maximum absolute atomic E-state index is 3.76.